The summed E-state index contributed by atoms with van der Waals surface area (Å²) < 4.78 is 10.2. The summed E-state index contributed by atoms with van der Waals surface area (Å²) in [5.74, 6) is 1.62. The lowest BCUT2D eigenvalue weighted by Crippen LogP contribution is -1.81. The van der Waals surface area contributed by atoms with Crippen LogP contribution in [0.15, 0.2) is 39.4 Å². The molecule has 0 bridgehead atoms. The fourth-order valence-corrected chi connectivity index (χ4v) is 1.61. The first-order chi connectivity index (χ1) is 8.72. The topological polar surface area (TPSA) is 65.0 Å². The van der Waals surface area contributed by atoms with E-state index < -0.39 is 0 Å². The second kappa shape index (κ2) is 4.10. The highest BCUT2D eigenvalue weighted by molar-refractivity contribution is 5.57. The molecule has 5 nitrogen and oxygen atoms in total. The molecule has 0 N–H and O–H groups in total. The molecule has 0 aliphatic heterocycles. The van der Waals surface area contributed by atoms with Gasteiger partial charge in [-0.1, -0.05) is 28.0 Å². The van der Waals surface area contributed by atoms with Gasteiger partial charge in [0.05, 0.1) is 0 Å². The van der Waals surface area contributed by atoms with Crippen LogP contribution in [0.3, 0.4) is 0 Å². The van der Waals surface area contributed by atoms with Gasteiger partial charge in [0.1, 0.15) is 5.76 Å². The first kappa shape index (κ1) is 10.7. The van der Waals surface area contributed by atoms with Gasteiger partial charge in [-0.2, -0.15) is 4.98 Å². The van der Waals surface area contributed by atoms with Crippen molar-refractivity contribution in [2.24, 2.45) is 0 Å². The molecule has 3 aromatic rings. The molecule has 0 unspecified atom stereocenters. The van der Waals surface area contributed by atoms with Gasteiger partial charge >= 0.3 is 0 Å². The van der Waals surface area contributed by atoms with Crippen molar-refractivity contribution in [2.75, 3.05) is 0 Å². The van der Waals surface area contributed by atoms with Crippen molar-refractivity contribution in [3.05, 3.63) is 41.7 Å². The summed E-state index contributed by atoms with van der Waals surface area (Å²) in [6, 6.07) is 9.66. The summed E-state index contributed by atoms with van der Waals surface area (Å²) >= 11 is 0. The van der Waals surface area contributed by atoms with Gasteiger partial charge in [-0.05, 0) is 26.0 Å². The third-order valence-corrected chi connectivity index (χ3v) is 2.58. The lowest BCUT2D eigenvalue weighted by atomic mass is 10.1. The van der Waals surface area contributed by atoms with Crippen molar-refractivity contribution in [1.29, 1.82) is 0 Å². The molecule has 0 amide bonds. The fraction of sp³-hybridized carbons (Fsp3) is 0.154. The van der Waals surface area contributed by atoms with Crippen molar-refractivity contribution < 1.29 is 9.05 Å². The second-order valence-electron chi connectivity index (χ2n) is 4.11. The fourth-order valence-electron chi connectivity index (χ4n) is 1.61. The van der Waals surface area contributed by atoms with Gasteiger partial charge in [-0.25, -0.2) is 0 Å². The van der Waals surface area contributed by atoms with Gasteiger partial charge in [0.25, 0.3) is 5.89 Å². The summed E-state index contributed by atoms with van der Waals surface area (Å²) in [6.45, 7) is 3.85. The molecule has 0 spiro atoms. The maximum absolute atomic E-state index is 5.21. The molecule has 1 aromatic carbocycles. The number of hydrogen-bond donors (Lipinski definition) is 0. The standard InChI is InChI=1S/C13H11N3O2/c1-8-3-5-10(6-4-8)13-14-12(16-18-13)11-7-9(2)17-15-11/h3-7H,1-2H3. The Labute approximate surface area is 103 Å². The zero-order valence-corrected chi connectivity index (χ0v) is 10.0. The van der Waals surface area contributed by atoms with E-state index in [1.54, 1.807) is 6.07 Å². The Morgan fingerprint density at radius 3 is 2.39 bits per heavy atom. The first-order valence-electron chi connectivity index (χ1n) is 5.57. The Balaban J connectivity index is 1.96. The van der Waals surface area contributed by atoms with Crippen LogP contribution in [0.5, 0.6) is 0 Å². The van der Waals surface area contributed by atoms with Gasteiger partial charge in [0, 0.05) is 11.6 Å². The van der Waals surface area contributed by atoms with E-state index in [2.05, 4.69) is 15.3 Å². The highest BCUT2D eigenvalue weighted by atomic mass is 16.5. The molecule has 0 saturated heterocycles. The van der Waals surface area contributed by atoms with Crippen LogP contribution in [0.1, 0.15) is 11.3 Å². The van der Waals surface area contributed by atoms with E-state index in [1.165, 1.54) is 5.56 Å². The minimum Gasteiger partial charge on any atom is -0.361 e. The third kappa shape index (κ3) is 1.90. The monoisotopic (exact) mass is 241 g/mol. The molecule has 0 radical (unpaired) electrons. The molecule has 2 heterocycles. The predicted octanol–water partition coefficient (Wildman–Crippen LogP) is 3.01. The lowest BCUT2D eigenvalue weighted by molar-refractivity contribution is 0.397. The van der Waals surface area contributed by atoms with Crippen LogP contribution in [-0.2, 0) is 0 Å². The van der Waals surface area contributed by atoms with Crippen molar-refractivity contribution in [2.45, 2.75) is 13.8 Å². The van der Waals surface area contributed by atoms with E-state index >= 15 is 0 Å². The molecule has 0 fully saturated rings. The average molecular weight is 241 g/mol. The van der Waals surface area contributed by atoms with Crippen LogP contribution in [0.2, 0.25) is 0 Å². The van der Waals surface area contributed by atoms with Crippen LogP contribution in [0.25, 0.3) is 23.0 Å². The Hall–Kier alpha value is -2.43. The minimum absolute atomic E-state index is 0.433. The van der Waals surface area contributed by atoms with E-state index in [4.69, 9.17) is 9.05 Å². The summed E-state index contributed by atoms with van der Waals surface area (Å²) in [5.41, 5.74) is 2.65. The summed E-state index contributed by atoms with van der Waals surface area (Å²) in [6.07, 6.45) is 0. The SMILES string of the molecule is Cc1ccc(-c2nc(-c3cc(C)on3)no2)cc1. The maximum Gasteiger partial charge on any atom is 0.258 e. The summed E-state index contributed by atoms with van der Waals surface area (Å²) in [4.78, 5) is 4.29. The molecule has 5 heteroatoms. The molecule has 0 aliphatic carbocycles. The summed E-state index contributed by atoms with van der Waals surface area (Å²) in [7, 11) is 0. The third-order valence-electron chi connectivity index (χ3n) is 2.58. The van der Waals surface area contributed by atoms with E-state index in [0.29, 0.717) is 23.2 Å². The van der Waals surface area contributed by atoms with Crippen LogP contribution >= 0.6 is 0 Å². The van der Waals surface area contributed by atoms with Crippen LogP contribution < -0.4 is 0 Å². The van der Waals surface area contributed by atoms with E-state index in [-0.39, 0.29) is 0 Å². The molecule has 3 rings (SSSR count). The highest BCUT2D eigenvalue weighted by Crippen LogP contribution is 2.22. The molecular weight excluding hydrogens is 230 g/mol. The molecule has 2 aromatic heterocycles. The zero-order chi connectivity index (χ0) is 12.5. The maximum atomic E-state index is 5.21. The van der Waals surface area contributed by atoms with Gasteiger partial charge in [-0.3, -0.25) is 0 Å². The Morgan fingerprint density at radius 2 is 1.72 bits per heavy atom. The molecule has 18 heavy (non-hydrogen) atoms. The van der Waals surface area contributed by atoms with Gasteiger partial charge in [0.2, 0.25) is 5.82 Å². The quantitative estimate of drug-likeness (QED) is 0.690. The van der Waals surface area contributed by atoms with Crippen molar-refractivity contribution in [1.82, 2.24) is 15.3 Å². The molecule has 0 saturated carbocycles. The van der Waals surface area contributed by atoms with Crippen molar-refractivity contribution in [3.63, 3.8) is 0 Å². The Kier molecular flexibility index (Phi) is 2.44. The average Bonchev–Trinajstić information content (AvgIpc) is 2.98. The van der Waals surface area contributed by atoms with Crippen LogP contribution in [-0.4, -0.2) is 15.3 Å². The van der Waals surface area contributed by atoms with Crippen molar-refractivity contribution in [3.8, 4) is 23.0 Å². The van der Waals surface area contributed by atoms with E-state index in [9.17, 15) is 0 Å². The number of aryl methyl sites for hydroxylation is 2. The minimum atomic E-state index is 0.433. The Bertz CT molecular complexity index is 668. The number of hydrogen-bond acceptors (Lipinski definition) is 5. The molecular formula is C13H11N3O2. The first-order valence-corrected chi connectivity index (χ1v) is 5.57. The van der Waals surface area contributed by atoms with E-state index in [1.807, 2.05) is 38.1 Å². The van der Waals surface area contributed by atoms with Gasteiger partial charge < -0.3 is 9.05 Å². The smallest absolute Gasteiger partial charge is 0.258 e. The van der Waals surface area contributed by atoms with Crippen molar-refractivity contribution >= 4 is 0 Å². The lowest BCUT2D eigenvalue weighted by Gasteiger charge is -1.93. The van der Waals surface area contributed by atoms with Crippen LogP contribution in [0.4, 0.5) is 0 Å². The molecule has 0 atom stereocenters. The number of benzene rings is 1. The second-order valence-corrected chi connectivity index (χ2v) is 4.11. The van der Waals surface area contributed by atoms with E-state index in [0.717, 1.165) is 5.56 Å². The predicted molar refractivity (Wildman–Crippen MR) is 64.7 cm³/mol. The van der Waals surface area contributed by atoms with Crippen LogP contribution in [0, 0.1) is 13.8 Å². The number of aromatic nitrogens is 3. The number of rotatable bonds is 2. The molecule has 0 aliphatic rings. The number of nitrogens with zero attached hydrogens (tertiary/aromatic N) is 3. The largest absolute Gasteiger partial charge is 0.361 e. The highest BCUT2D eigenvalue weighted by Gasteiger charge is 2.13. The zero-order valence-electron chi connectivity index (χ0n) is 10.0. The summed E-state index contributed by atoms with van der Waals surface area (Å²) in [5, 5.41) is 7.74. The van der Waals surface area contributed by atoms with Gasteiger partial charge in [0.15, 0.2) is 5.69 Å². The molecule has 90 valence electrons. The van der Waals surface area contributed by atoms with Gasteiger partial charge in [-0.15, -0.1) is 0 Å². The Morgan fingerprint density at radius 1 is 0.944 bits per heavy atom. The normalized spacial score (nSPS) is 10.8.